The quantitative estimate of drug-likeness (QED) is 0.691. The van der Waals surface area contributed by atoms with Gasteiger partial charge in [0.05, 0.1) is 11.1 Å². The van der Waals surface area contributed by atoms with Gasteiger partial charge in [0.2, 0.25) is 0 Å². The molecule has 4 N–H and O–H groups in total. The molecule has 0 bridgehead atoms. The Labute approximate surface area is 133 Å². The Morgan fingerprint density at radius 2 is 1.35 bits per heavy atom. The van der Waals surface area contributed by atoms with Crippen molar-refractivity contribution >= 4 is 11.9 Å². The van der Waals surface area contributed by atoms with Crippen LogP contribution in [0.2, 0.25) is 0 Å². The fourth-order valence-corrected chi connectivity index (χ4v) is 1.79. The zero-order valence-corrected chi connectivity index (χ0v) is 12.8. The van der Waals surface area contributed by atoms with Crippen LogP contribution in [0.1, 0.15) is 38.8 Å². The summed E-state index contributed by atoms with van der Waals surface area (Å²) in [5.41, 5.74) is 1.64. The van der Waals surface area contributed by atoms with Crippen LogP contribution in [0.3, 0.4) is 0 Å². The number of carboxylic acid groups (broad SMARTS) is 2. The molecule has 0 fully saturated rings. The predicted molar refractivity (Wildman–Crippen MR) is 84.2 cm³/mol. The smallest absolute Gasteiger partial charge is 0.335 e. The van der Waals surface area contributed by atoms with Crippen LogP contribution < -0.4 is 0 Å². The first-order valence-corrected chi connectivity index (χ1v) is 6.84. The molecule has 0 radical (unpaired) electrons. The monoisotopic (exact) mass is 318 g/mol. The molecule has 6 heteroatoms. The van der Waals surface area contributed by atoms with Crippen molar-refractivity contribution in [2.45, 2.75) is 20.3 Å². The number of aromatic hydroxyl groups is 2. The lowest BCUT2D eigenvalue weighted by molar-refractivity contribution is 0.0686. The van der Waals surface area contributed by atoms with Gasteiger partial charge in [-0.1, -0.05) is 6.92 Å². The van der Waals surface area contributed by atoms with E-state index in [4.69, 9.17) is 15.3 Å². The van der Waals surface area contributed by atoms with E-state index in [0.29, 0.717) is 17.5 Å². The van der Waals surface area contributed by atoms with Crippen LogP contribution in [0.4, 0.5) is 0 Å². The fourth-order valence-electron chi connectivity index (χ4n) is 1.79. The number of benzene rings is 2. The van der Waals surface area contributed by atoms with Gasteiger partial charge in [-0.3, -0.25) is 0 Å². The van der Waals surface area contributed by atoms with Gasteiger partial charge < -0.3 is 20.4 Å². The van der Waals surface area contributed by atoms with E-state index in [0.717, 1.165) is 0 Å². The Bertz CT molecular complexity index is 721. The average molecular weight is 318 g/mol. The molecule has 0 spiro atoms. The third kappa shape index (κ3) is 5.03. The predicted octanol–water partition coefficient (Wildman–Crippen LogP) is 3.05. The lowest BCUT2D eigenvalue weighted by Crippen LogP contribution is -1.96. The van der Waals surface area contributed by atoms with Crippen molar-refractivity contribution in [3.63, 3.8) is 0 Å². The Kier molecular flexibility index (Phi) is 6.14. The minimum atomic E-state index is -0.979. The minimum absolute atomic E-state index is 0.120. The van der Waals surface area contributed by atoms with Gasteiger partial charge in [-0.15, -0.1) is 0 Å². The highest BCUT2D eigenvalue weighted by atomic mass is 16.4. The number of carbonyl (C=O) groups is 2. The number of hydrogen-bond acceptors (Lipinski definition) is 4. The van der Waals surface area contributed by atoms with Crippen LogP contribution in [0.25, 0.3) is 0 Å². The van der Waals surface area contributed by atoms with E-state index in [1.54, 1.807) is 6.92 Å². The third-order valence-corrected chi connectivity index (χ3v) is 3.15. The van der Waals surface area contributed by atoms with Crippen molar-refractivity contribution in [1.82, 2.24) is 0 Å². The third-order valence-electron chi connectivity index (χ3n) is 3.15. The maximum Gasteiger partial charge on any atom is 0.335 e. The summed E-state index contributed by atoms with van der Waals surface area (Å²) in [6.07, 6.45) is 0.632. The topological polar surface area (TPSA) is 115 Å². The Hall–Kier alpha value is -3.02. The van der Waals surface area contributed by atoms with Crippen molar-refractivity contribution in [2.24, 2.45) is 0 Å². The first-order chi connectivity index (χ1) is 10.8. The van der Waals surface area contributed by atoms with Crippen LogP contribution in [0.15, 0.2) is 36.4 Å². The van der Waals surface area contributed by atoms with Crippen LogP contribution >= 0.6 is 0 Å². The van der Waals surface area contributed by atoms with Crippen LogP contribution in [-0.2, 0) is 6.42 Å². The van der Waals surface area contributed by atoms with Crippen LogP contribution in [0, 0.1) is 6.92 Å². The molecule has 23 heavy (non-hydrogen) atoms. The standard InChI is InChI=1S/C9H10O3.C8H8O3/c1-2-6-5-7(9(11)12)3-4-8(6)10;1-5-4-6(8(10)11)2-3-7(5)9/h3-5,10H,2H2,1H3,(H,11,12);2-4,9H,1H3,(H,10,11). The van der Waals surface area contributed by atoms with E-state index < -0.39 is 11.9 Å². The second kappa shape index (κ2) is 7.84. The average Bonchev–Trinajstić information content (AvgIpc) is 2.50. The van der Waals surface area contributed by atoms with Gasteiger partial charge in [0, 0.05) is 0 Å². The summed E-state index contributed by atoms with van der Waals surface area (Å²) in [6.45, 7) is 3.52. The lowest BCUT2D eigenvalue weighted by Gasteiger charge is -2.01. The second-order valence-electron chi connectivity index (χ2n) is 4.81. The second-order valence-corrected chi connectivity index (χ2v) is 4.81. The SMILES string of the molecule is CCc1cc(C(=O)O)ccc1O.Cc1cc(C(=O)O)ccc1O. The summed E-state index contributed by atoms with van der Waals surface area (Å²) < 4.78 is 0. The highest BCUT2D eigenvalue weighted by Crippen LogP contribution is 2.18. The molecule has 0 heterocycles. The number of hydrogen-bond donors (Lipinski definition) is 4. The highest BCUT2D eigenvalue weighted by Gasteiger charge is 2.05. The van der Waals surface area contributed by atoms with Gasteiger partial charge in [0.25, 0.3) is 0 Å². The van der Waals surface area contributed by atoms with E-state index in [2.05, 4.69) is 0 Å². The molecule has 0 aromatic heterocycles. The molecule has 0 atom stereocenters. The van der Waals surface area contributed by atoms with Gasteiger partial charge in [-0.05, 0) is 60.9 Å². The van der Waals surface area contributed by atoms with Crippen molar-refractivity contribution in [1.29, 1.82) is 0 Å². The summed E-state index contributed by atoms with van der Waals surface area (Å²) in [5.74, 6) is -1.67. The van der Waals surface area contributed by atoms with E-state index in [9.17, 15) is 14.7 Å². The normalized spacial score (nSPS) is 9.65. The molecule has 122 valence electrons. The fraction of sp³-hybridized carbons (Fsp3) is 0.176. The molecule has 0 saturated heterocycles. The first-order valence-electron chi connectivity index (χ1n) is 6.84. The van der Waals surface area contributed by atoms with Crippen molar-refractivity contribution < 1.29 is 30.0 Å². The summed E-state index contributed by atoms with van der Waals surface area (Å²) >= 11 is 0. The summed E-state index contributed by atoms with van der Waals surface area (Å²) in [6, 6.07) is 8.44. The minimum Gasteiger partial charge on any atom is -0.508 e. The molecule has 2 aromatic rings. The Balaban J connectivity index is 0.000000231. The molecule has 0 unspecified atom stereocenters. The van der Waals surface area contributed by atoms with Gasteiger partial charge in [0.1, 0.15) is 11.5 Å². The van der Waals surface area contributed by atoms with E-state index in [-0.39, 0.29) is 22.6 Å². The Morgan fingerprint density at radius 1 is 0.870 bits per heavy atom. The van der Waals surface area contributed by atoms with E-state index in [1.807, 2.05) is 6.92 Å². The van der Waals surface area contributed by atoms with Gasteiger partial charge in [-0.25, -0.2) is 9.59 Å². The number of phenolic OH excluding ortho intramolecular Hbond substituents is 2. The largest absolute Gasteiger partial charge is 0.508 e. The molecule has 0 aliphatic carbocycles. The van der Waals surface area contributed by atoms with Crippen molar-refractivity contribution in [3.05, 3.63) is 58.7 Å². The van der Waals surface area contributed by atoms with Crippen LogP contribution in [0.5, 0.6) is 11.5 Å². The zero-order valence-electron chi connectivity index (χ0n) is 12.8. The van der Waals surface area contributed by atoms with E-state index in [1.165, 1.54) is 36.4 Å². The zero-order chi connectivity index (χ0) is 17.6. The van der Waals surface area contributed by atoms with E-state index >= 15 is 0 Å². The maximum atomic E-state index is 10.5. The number of phenols is 2. The molecular weight excluding hydrogens is 300 g/mol. The molecule has 0 amide bonds. The highest BCUT2D eigenvalue weighted by molar-refractivity contribution is 5.88. The maximum absolute atomic E-state index is 10.5. The van der Waals surface area contributed by atoms with Gasteiger partial charge in [0.15, 0.2) is 0 Å². The summed E-state index contributed by atoms with van der Waals surface area (Å²) in [5, 5.41) is 35.4. The number of carboxylic acids is 2. The summed E-state index contributed by atoms with van der Waals surface area (Å²) in [4.78, 5) is 20.9. The molecule has 6 nitrogen and oxygen atoms in total. The molecule has 0 saturated carbocycles. The van der Waals surface area contributed by atoms with Crippen molar-refractivity contribution in [2.75, 3.05) is 0 Å². The molecule has 2 aromatic carbocycles. The van der Waals surface area contributed by atoms with Crippen molar-refractivity contribution in [3.8, 4) is 11.5 Å². The van der Waals surface area contributed by atoms with Crippen LogP contribution in [-0.4, -0.2) is 32.4 Å². The van der Waals surface area contributed by atoms with Gasteiger partial charge >= 0.3 is 11.9 Å². The molecule has 2 rings (SSSR count). The number of rotatable bonds is 3. The summed E-state index contributed by atoms with van der Waals surface area (Å²) in [7, 11) is 0. The number of aryl methyl sites for hydroxylation is 2. The molecule has 0 aliphatic heterocycles. The van der Waals surface area contributed by atoms with Gasteiger partial charge in [-0.2, -0.15) is 0 Å². The number of aromatic carboxylic acids is 2. The molecule has 0 aliphatic rings. The Morgan fingerprint density at radius 3 is 1.78 bits per heavy atom. The first kappa shape index (κ1) is 18.0. The lowest BCUT2D eigenvalue weighted by atomic mass is 10.1. The molecular formula is C17H18O6.